The quantitative estimate of drug-likeness (QED) is 0.346. The summed E-state index contributed by atoms with van der Waals surface area (Å²) in [6.07, 6.45) is 7.01. The average Bonchev–Trinajstić information content (AvgIpc) is 2.65. The van der Waals surface area contributed by atoms with E-state index in [2.05, 4.69) is 67.2 Å². The molecule has 0 radical (unpaired) electrons. The van der Waals surface area contributed by atoms with Crippen LogP contribution in [0.15, 0.2) is 83.1 Å². The first kappa shape index (κ1) is 18.6. The summed E-state index contributed by atoms with van der Waals surface area (Å²) >= 11 is 3.81. The summed E-state index contributed by atoms with van der Waals surface area (Å²) in [5.74, 6) is 0.288. The molecule has 2 aromatic rings. The molecule has 0 unspecified atom stereocenters. The molecule has 2 atom stereocenters. The third kappa shape index (κ3) is 5.16. The number of hydrogen-bond donors (Lipinski definition) is 1. The zero-order chi connectivity index (χ0) is 17.5. The number of aliphatic hydroxyl groups is 1. The van der Waals surface area contributed by atoms with E-state index in [0.29, 0.717) is 4.58 Å². The summed E-state index contributed by atoms with van der Waals surface area (Å²) in [4.78, 5) is 2.57. The van der Waals surface area contributed by atoms with Gasteiger partial charge in [-0.15, -0.1) is 30.1 Å². The molecule has 0 saturated heterocycles. The number of hydrogen-bond acceptors (Lipinski definition) is 3. The highest BCUT2D eigenvalue weighted by atomic mass is 32.2. The van der Waals surface area contributed by atoms with Crippen LogP contribution in [0.2, 0.25) is 0 Å². The lowest BCUT2D eigenvalue weighted by atomic mass is 9.74. The second kappa shape index (κ2) is 8.98. The van der Waals surface area contributed by atoms with Gasteiger partial charge in [-0.2, -0.15) is 0 Å². The number of thioether (sulfide) groups is 2. The van der Waals surface area contributed by atoms with Gasteiger partial charge in [-0.05, 0) is 49.4 Å². The fourth-order valence-corrected chi connectivity index (χ4v) is 6.25. The smallest absolute Gasteiger partial charge is 0.0853 e. The lowest BCUT2D eigenvalue weighted by Gasteiger charge is -2.39. The summed E-state index contributed by atoms with van der Waals surface area (Å²) in [5.41, 5.74) is -0.703. The monoisotopic (exact) mass is 370 g/mol. The molecule has 0 heterocycles. The van der Waals surface area contributed by atoms with Crippen LogP contribution in [0.25, 0.3) is 0 Å². The van der Waals surface area contributed by atoms with E-state index in [0.717, 1.165) is 25.7 Å². The van der Waals surface area contributed by atoms with Crippen LogP contribution >= 0.6 is 23.5 Å². The van der Waals surface area contributed by atoms with E-state index in [9.17, 15) is 5.11 Å². The maximum Gasteiger partial charge on any atom is 0.0853 e. The fraction of sp³-hybridized carbons (Fsp3) is 0.364. The summed E-state index contributed by atoms with van der Waals surface area (Å²) in [6, 6.07) is 21.2. The molecule has 1 nitrogen and oxygen atoms in total. The predicted molar refractivity (Wildman–Crippen MR) is 110 cm³/mol. The van der Waals surface area contributed by atoms with Crippen LogP contribution in [-0.2, 0) is 0 Å². The molecule has 1 N–H and O–H groups in total. The number of benzene rings is 2. The van der Waals surface area contributed by atoms with E-state index in [1.54, 1.807) is 6.08 Å². The second-order valence-corrected chi connectivity index (χ2v) is 9.52. The van der Waals surface area contributed by atoms with Crippen LogP contribution < -0.4 is 0 Å². The first-order valence-corrected chi connectivity index (χ1v) is 10.7. The van der Waals surface area contributed by atoms with Gasteiger partial charge in [-0.1, -0.05) is 55.3 Å². The summed E-state index contributed by atoms with van der Waals surface area (Å²) in [7, 11) is 0. The van der Waals surface area contributed by atoms with Crippen LogP contribution in [0.5, 0.6) is 0 Å². The Balaban J connectivity index is 1.76. The first-order chi connectivity index (χ1) is 12.2. The Morgan fingerprint density at radius 1 is 1.00 bits per heavy atom. The van der Waals surface area contributed by atoms with Crippen molar-refractivity contribution in [2.24, 2.45) is 5.92 Å². The van der Waals surface area contributed by atoms with E-state index in [1.165, 1.54) is 16.2 Å². The van der Waals surface area contributed by atoms with Gasteiger partial charge in [0, 0.05) is 9.79 Å². The van der Waals surface area contributed by atoms with Crippen molar-refractivity contribution in [1.82, 2.24) is 0 Å². The van der Waals surface area contributed by atoms with E-state index in [-0.39, 0.29) is 5.92 Å². The van der Waals surface area contributed by atoms with Crippen molar-refractivity contribution in [1.29, 1.82) is 0 Å². The van der Waals surface area contributed by atoms with Crippen molar-refractivity contribution in [3.05, 3.63) is 73.3 Å². The molecule has 0 bridgehead atoms. The standard InChI is InChI=1S/C22H26OS2/c1-2-22(23)16-10-9-11-18(22)17-21(24-19-12-5-3-6-13-19)25-20-14-7-4-8-15-20/h2-8,12-15,18,21,23H,1,9-11,16-17H2/t18-,22-/m1/s1. The lowest BCUT2D eigenvalue weighted by Crippen LogP contribution is -2.39. The average molecular weight is 371 g/mol. The van der Waals surface area contributed by atoms with Gasteiger partial charge in [-0.3, -0.25) is 0 Å². The Labute approximate surface area is 159 Å². The third-order valence-electron chi connectivity index (χ3n) is 4.94. The molecule has 3 heteroatoms. The Hall–Kier alpha value is -1.16. The topological polar surface area (TPSA) is 20.2 Å². The molecule has 1 saturated carbocycles. The molecule has 1 aliphatic rings. The Morgan fingerprint density at radius 2 is 1.56 bits per heavy atom. The van der Waals surface area contributed by atoms with E-state index in [4.69, 9.17) is 0 Å². The van der Waals surface area contributed by atoms with Crippen molar-refractivity contribution in [3.63, 3.8) is 0 Å². The SMILES string of the molecule is C=C[C@@]1(O)CCCC[C@@H]1CC(Sc1ccccc1)Sc1ccccc1. The van der Waals surface area contributed by atoms with Crippen molar-refractivity contribution in [2.75, 3.05) is 0 Å². The molecule has 1 fully saturated rings. The zero-order valence-electron chi connectivity index (χ0n) is 14.5. The van der Waals surface area contributed by atoms with Gasteiger partial charge in [0.1, 0.15) is 0 Å². The molecule has 2 aromatic carbocycles. The molecule has 0 spiro atoms. The van der Waals surface area contributed by atoms with Crippen molar-refractivity contribution in [2.45, 2.75) is 52.1 Å². The highest BCUT2D eigenvalue weighted by Crippen LogP contribution is 2.45. The van der Waals surface area contributed by atoms with Crippen LogP contribution in [0, 0.1) is 5.92 Å². The predicted octanol–water partition coefficient (Wildman–Crippen LogP) is 6.39. The van der Waals surface area contributed by atoms with Gasteiger partial charge in [0.15, 0.2) is 0 Å². The Kier molecular flexibility index (Phi) is 6.69. The van der Waals surface area contributed by atoms with Crippen molar-refractivity contribution in [3.8, 4) is 0 Å². The summed E-state index contributed by atoms with van der Waals surface area (Å²) in [5, 5.41) is 11.0. The van der Waals surface area contributed by atoms with Gasteiger partial charge in [-0.25, -0.2) is 0 Å². The fourth-order valence-electron chi connectivity index (χ4n) is 3.50. The molecular weight excluding hydrogens is 344 g/mol. The van der Waals surface area contributed by atoms with Gasteiger partial charge >= 0.3 is 0 Å². The minimum Gasteiger partial charge on any atom is -0.386 e. The van der Waals surface area contributed by atoms with E-state index in [1.807, 2.05) is 23.5 Å². The summed E-state index contributed by atoms with van der Waals surface area (Å²) < 4.78 is 0.374. The summed E-state index contributed by atoms with van der Waals surface area (Å²) in [6.45, 7) is 3.92. The maximum absolute atomic E-state index is 11.0. The normalized spacial score (nSPS) is 23.5. The van der Waals surface area contributed by atoms with Gasteiger partial charge in [0.05, 0.1) is 10.2 Å². The minimum atomic E-state index is -0.703. The molecule has 0 aliphatic heterocycles. The van der Waals surface area contributed by atoms with Crippen molar-refractivity contribution >= 4 is 23.5 Å². The minimum absolute atomic E-state index is 0.288. The zero-order valence-corrected chi connectivity index (χ0v) is 16.1. The Bertz CT molecular complexity index is 617. The van der Waals surface area contributed by atoms with Crippen LogP contribution in [0.3, 0.4) is 0 Å². The van der Waals surface area contributed by atoms with Crippen LogP contribution in [-0.4, -0.2) is 15.3 Å². The molecule has 132 valence electrons. The molecule has 25 heavy (non-hydrogen) atoms. The third-order valence-corrected chi connectivity index (χ3v) is 7.52. The number of rotatable bonds is 7. The highest BCUT2D eigenvalue weighted by molar-refractivity contribution is 8.17. The Morgan fingerprint density at radius 3 is 2.08 bits per heavy atom. The van der Waals surface area contributed by atoms with Gasteiger partial charge in [0.2, 0.25) is 0 Å². The van der Waals surface area contributed by atoms with Crippen LogP contribution in [0.4, 0.5) is 0 Å². The molecular formula is C22H26OS2. The molecule has 3 rings (SSSR count). The first-order valence-electron chi connectivity index (χ1n) is 8.99. The highest BCUT2D eigenvalue weighted by Gasteiger charge is 2.37. The van der Waals surface area contributed by atoms with Gasteiger partial charge < -0.3 is 5.11 Å². The molecule has 1 aliphatic carbocycles. The maximum atomic E-state index is 11.0. The molecule has 0 aromatic heterocycles. The van der Waals surface area contributed by atoms with Crippen molar-refractivity contribution < 1.29 is 5.11 Å². The van der Waals surface area contributed by atoms with Crippen LogP contribution in [0.1, 0.15) is 32.1 Å². The largest absolute Gasteiger partial charge is 0.386 e. The van der Waals surface area contributed by atoms with E-state index >= 15 is 0 Å². The van der Waals surface area contributed by atoms with E-state index < -0.39 is 5.60 Å². The van der Waals surface area contributed by atoms with Gasteiger partial charge in [0.25, 0.3) is 0 Å². The molecule has 0 amide bonds. The second-order valence-electron chi connectivity index (χ2n) is 6.67. The lowest BCUT2D eigenvalue weighted by molar-refractivity contribution is -0.00618.